The fourth-order valence-electron chi connectivity index (χ4n) is 8.22. The van der Waals surface area contributed by atoms with E-state index in [1.165, 1.54) is 17.0 Å². The number of carbonyl (C=O) groups is 8. The van der Waals surface area contributed by atoms with Gasteiger partial charge in [0.25, 0.3) is 0 Å². The third-order valence-corrected chi connectivity index (χ3v) is 13.9. The number of nitrogens with one attached hydrogen (secondary N) is 3. The standard InChI is InChI=1S/C54H72N5O15P/c1-53(2,3)51(66)70-33-73-75(68,74-34-71-52(67)54(4,5)6)35-72-41-24-21-36(22-25-41)29-39(30-46(61)69-32-38-17-11-8-12-18-38)47(62)58-43-20-14-13-19-40-23-27-44(59(40)50(43)65)49(64)57-42(26-28-45(55)60)48(63)56-31-37-15-9-7-10-16-37/h7-12,15-18,21-22,24-25,39-40,42-44H,13-14,19-20,23,26-35H2,1-6H3,(H2,55,60)(H,56,63)(H,57,64)(H,58,62)/t39-,40?,42+,43+,44+/m1/s1. The lowest BCUT2D eigenvalue weighted by Crippen LogP contribution is -2.58. The SMILES string of the molecule is CC(C)(C)C(=O)OCOP(=O)(COc1ccc(C[C@H](CC(=O)OCc2ccccc2)C(=O)N[C@H]2CCCCC3CC[C@@H](C(=O)N[C@@H](CCC(N)=O)C(=O)NCc4ccccc4)N3C2=O)cc1)OCOC(=O)C(C)(C)C. The molecule has 5 N–H and O–H groups in total. The van der Waals surface area contributed by atoms with Crippen LogP contribution in [-0.2, 0) is 85.8 Å². The van der Waals surface area contributed by atoms with Crippen LogP contribution >= 0.6 is 7.60 Å². The van der Waals surface area contributed by atoms with Crippen LogP contribution in [0.5, 0.6) is 5.75 Å². The zero-order chi connectivity index (χ0) is 54.8. The first-order chi connectivity index (χ1) is 35.5. The predicted octanol–water partition coefficient (Wildman–Crippen LogP) is 6.12. The second kappa shape index (κ2) is 27.8. The number of nitrogens with two attached hydrogens (primary N) is 1. The molecule has 1 unspecified atom stereocenters. The number of primary amides is 1. The van der Waals surface area contributed by atoms with Gasteiger partial charge in [0.05, 0.1) is 23.2 Å². The fraction of sp³-hybridized carbons (Fsp3) is 0.519. The predicted molar refractivity (Wildman–Crippen MR) is 273 cm³/mol. The van der Waals surface area contributed by atoms with Crippen molar-refractivity contribution >= 4 is 55.0 Å². The molecule has 3 aromatic carbocycles. The molecule has 20 nitrogen and oxygen atoms in total. The first kappa shape index (κ1) is 59.2. The Morgan fingerprint density at radius 2 is 1.31 bits per heavy atom. The summed E-state index contributed by atoms with van der Waals surface area (Å²) in [4.78, 5) is 108. The second-order valence-electron chi connectivity index (χ2n) is 20.7. The monoisotopic (exact) mass is 1060 g/mol. The molecule has 5 atom stereocenters. The van der Waals surface area contributed by atoms with Crippen LogP contribution < -0.4 is 26.4 Å². The lowest BCUT2D eigenvalue weighted by Gasteiger charge is -2.36. The smallest absolute Gasteiger partial charge is 0.373 e. The maximum Gasteiger partial charge on any atom is 0.373 e. The Hall–Kier alpha value is -6.63. The molecular formula is C54H72N5O15P. The van der Waals surface area contributed by atoms with Gasteiger partial charge >= 0.3 is 25.5 Å². The Balaban J connectivity index is 1.29. The van der Waals surface area contributed by atoms with Gasteiger partial charge in [0.2, 0.25) is 43.1 Å². The van der Waals surface area contributed by atoms with E-state index in [1.807, 2.05) is 36.4 Å². The van der Waals surface area contributed by atoms with Crippen molar-refractivity contribution < 1.29 is 70.9 Å². The highest BCUT2D eigenvalue weighted by atomic mass is 31.2. The number of rotatable bonds is 25. The van der Waals surface area contributed by atoms with Gasteiger partial charge in [-0.2, -0.15) is 0 Å². The summed E-state index contributed by atoms with van der Waals surface area (Å²) in [6.07, 6.45) is 1.78. The molecule has 2 aliphatic rings. The average molecular weight is 1060 g/mol. The zero-order valence-electron chi connectivity index (χ0n) is 43.7. The Morgan fingerprint density at radius 3 is 1.89 bits per heavy atom. The molecule has 0 aromatic heterocycles. The Kier molecular flexibility index (Phi) is 21.9. The second-order valence-corrected chi connectivity index (χ2v) is 22.7. The van der Waals surface area contributed by atoms with Gasteiger partial charge in [-0.1, -0.05) is 85.6 Å². The van der Waals surface area contributed by atoms with Crippen LogP contribution in [0.2, 0.25) is 0 Å². The molecule has 2 aliphatic heterocycles. The minimum Gasteiger partial charge on any atom is -0.481 e. The van der Waals surface area contributed by atoms with E-state index in [-0.39, 0.29) is 57.0 Å². The summed E-state index contributed by atoms with van der Waals surface area (Å²) in [5.41, 5.74) is 5.82. The quantitative estimate of drug-likeness (QED) is 0.0322. The first-order valence-corrected chi connectivity index (χ1v) is 26.9. The van der Waals surface area contributed by atoms with Gasteiger partial charge in [0.15, 0.2) is 6.35 Å². The highest BCUT2D eigenvalue weighted by molar-refractivity contribution is 7.53. The molecule has 2 saturated heterocycles. The van der Waals surface area contributed by atoms with E-state index in [0.717, 1.165) is 11.1 Å². The molecular weight excluding hydrogens is 990 g/mol. The van der Waals surface area contributed by atoms with E-state index in [4.69, 9.17) is 33.7 Å². The molecule has 5 rings (SSSR count). The third-order valence-electron chi connectivity index (χ3n) is 12.5. The Labute approximate surface area is 438 Å². The van der Waals surface area contributed by atoms with Gasteiger partial charge in [0.1, 0.15) is 30.5 Å². The van der Waals surface area contributed by atoms with Crippen molar-refractivity contribution in [2.75, 3.05) is 19.9 Å². The number of carbonyl (C=O) groups excluding carboxylic acids is 8. The molecule has 408 valence electrons. The fourth-order valence-corrected chi connectivity index (χ4v) is 9.18. The summed E-state index contributed by atoms with van der Waals surface area (Å²) in [5, 5.41) is 8.50. The van der Waals surface area contributed by atoms with Gasteiger partial charge in [-0.15, -0.1) is 0 Å². The number of esters is 3. The van der Waals surface area contributed by atoms with Crippen LogP contribution in [0.3, 0.4) is 0 Å². The highest BCUT2D eigenvalue weighted by Gasteiger charge is 2.45. The van der Waals surface area contributed by atoms with Crippen molar-refractivity contribution in [3.63, 3.8) is 0 Å². The van der Waals surface area contributed by atoms with Gasteiger partial charge in [0, 0.05) is 19.0 Å². The number of hydrogen-bond donors (Lipinski definition) is 4. The van der Waals surface area contributed by atoms with Crippen LogP contribution in [0.1, 0.15) is 116 Å². The summed E-state index contributed by atoms with van der Waals surface area (Å²) in [5.74, 6) is -5.56. The molecule has 2 fully saturated rings. The lowest BCUT2D eigenvalue weighted by atomic mass is 9.93. The maximum absolute atomic E-state index is 14.6. The molecule has 0 spiro atoms. The number of nitrogens with zero attached hydrogens (tertiary/aromatic N) is 1. The molecule has 0 bridgehead atoms. The molecule has 3 aromatic rings. The first-order valence-electron chi connectivity index (χ1n) is 25.2. The molecule has 21 heteroatoms. The molecule has 0 saturated carbocycles. The normalized spacial score (nSPS) is 17.7. The Morgan fingerprint density at radius 1 is 0.720 bits per heavy atom. The van der Waals surface area contributed by atoms with E-state index in [0.29, 0.717) is 37.7 Å². The van der Waals surface area contributed by atoms with E-state index in [9.17, 15) is 42.9 Å². The summed E-state index contributed by atoms with van der Waals surface area (Å²) < 4.78 is 46.1. The van der Waals surface area contributed by atoms with Gasteiger partial charge in [-0.05, 0) is 109 Å². The molecule has 2 heterocycles. The van der Waals surface area contributed by atoms with Crippen molar-refractivity contribution in [2.24, 2.45) is 22.5 Å². The number of amides is 5. The van der Waals surface area contributed by atoms with Crippen LogP contribution in [0.15, 0.2) is 84.9 Å². The minimum atomic E-state index is -4.23. The summed E-state index contributed by atoms with van der Waals surface area (Å²) in [7, 11) is -4.23. The van der Waals surface area contributed by atoms with Crippen LogP contribution in [0.4, 0.5) is 0 Å². The van der Waals surface area contributed by atoms with Crippen LogP contribution in [0, 0.1) is 16.7 Å². The van der Waals surface area contributed by atoms with Crippen LogP contribution in [-0.4, -0.2) is 96.4 Å². The average Bonchev–Trinajstić information content (AvgIpc) is 3.79. The number of ether oxygens (including phenoxy) is 4. The van der Waals surface area contributed by atoms with E-state index >= 15 is 0 Å². The number of fused-ring (bicyclic) bond motifs is 1. The van der Waals surface area contributed by atoms with Crippen molar-refractivity contribution in [1.82, 2.24) is 20.9 Å². The third kappa shape index (κ3) is 19.2. The maximum atomic E-state index is 14.6. The van der Waals surface area contributed by atoms with E-state index in [1.54, 1.807) is 77.9 Å². The lowest BCUT2D eigenvalue weighted by molar-refractivity contribution is -0.162. The van der Waals surface area contributed by atoms with E-state index < -0.39 is 110 Å². The molecule has 5 amide bonds. The van der Waals surface area contributed by atoms with Crippen molar-refractivity contribution in [3.05, 3.63) is 102 Å². The molecule has 75 heavy (non-hydrogen) atoms. The van der Waals surface area contributed by atoms with Crippen LogP contribution in [0.25, 0.3) is 0 Å². The highest BCUT2D eigenvalue weighted by Crippen LogP contribution is 2.48. The largest absolute Gasteiger partial charge is 0.481 e. The van der Waals surface area contributed by atoms with Gasteiger partial charge in [-0.25, -0.2) is 0 Å². The summed E-state index contributed by atoms with van der Waals surface area (Å²) >= 11 is 0. The van der Waals surface area contributed by atoms with Crippen molar-refractivity contribution in [1.29, 1.82) is 0 Å². The minimum absolute atomic E-state index is 0.00681. The van der Waals surface area contributed by atoms with E-state index in [2.05, 4.69) is 16.0 Å². The number of benzene rings is 3. The molecule has 0 aliphatic carbocycles. The zero-order valence-corrected chi connectivity index (χ0v) is 44.6. The number of hydrogen-bond acceptors (Lipinski definition) is 15. The summed E-state index contributed by atoms with van der Waals surface area (Å²) in [6.45, 7) is 8.45. The molecule has 0 radical (unpaired) electrons. The Bertz CT molecular complexity index is 2440. The van der Waals surface area contributed by atoms with Crippen molar-refractivity contribution in [3.8, 4) is 5.75 Å². The van der Waals surface area contributed by atoms with Gasteiger partial charge in [-0.3, -0.25) is 52.0 Å². The van der Waals surface area contributed by atoms with Crippen molar-refractivity contribution in [2.45, 2.75) is 143 Å². The summed E-state index contributed by atoms with van der Waals surface area (Å²) in [6, 6.07) is 21.1. The topological polar surface area (TPSA) is 274 Å². The van der Waals surface area contributed by atoms with Gasteiger partial charge < -0.3 is 45.5 Å².